The lowest BCUT2D eigenvalue weighted by Gasteiger charge is -2.12. The van der Waals surface area contributed by atoms with Crippen molar-refractivity contribution in [3.63, 3.8) is 0 Å². The molecule has 2 N–H and O–H groups in total. The highest BCUT2D eigenvalue weighted by Gasteiger charge is 2.14. The molecule has 0 atom stereocenters. The molecule has 0 radical (unpaired) electrons. The molecule has 0 fully saturated rings. The highest BCUT2D eigenvalue weighted by molar-refractivity contribution is 5.96. The van der Waals surface area contributed by atoms with Crippen LogP contribution in [0, 0.1) is 12.7 Å². The number of hydrogen-bond donors (Lipinski definition) is 2. The number of ether oxygens (including phenoxy) is 2. The first-order chi connectivity index (χ1) is 14.5. The Bertz CT molecular complexity index is 996. The molecule has 1 aromatic heterocycles. The number of aromatic amines is 1. The average Bonchev–Trinajstić information content (AvgIpc) is 3.12. The fourth-order valence-electron chi connectivity index (χ4n) is 3.25. The Balaban J connectivity index is 1.62. The lowest BCUT2D eigenvalue weighted by atomic mass is 10.1. The predicted octanol–water partition coefficient (Wildman–Crippen LogP) is 4.90. The van der Waals surface area contributed by atoms with E-state index >= 15 is 0 Å². The zero-order chi connectivity index (χ0) is 21.5. The number of rotatable bonds is 9. The van der Waals surface area contributed by atoms with Crippen molar-refractivity contribution in [2.75, 3.05) is 19.8 Å². The number of halogens is 1. The molecule has 1 amide bonds. The highest BCUT2D eigenvalue weighted by atomic mass is 19.1. The molecule has 3 aromatic rings. The summed E-state index contributed by atoms with van der Waals surface area (Å²) in [6.45, 7) is 7.35. The normalized spacial score (nSPS) is 10.7. The smallest absolute Gasteiger partial charge is 0.253 e. The molecule has 5 nitrogen and oxygen atoms in total. The third-order valence-electron chi connectivity index (χ3n) is 4.72. The number of amides is 1. The Kier molecular flexibility index (Phi) is 7.12. The molecular formula is C24H27FN2O3. The van der Waals surface area contributed by atoms with E-state index in [0.717, 1.165) is 28.3 Å². The highest BCUT2D eigenvalue weighted by Crippen LogP contribution is 2.28. The Labute approximate surface area is 176 Å². The molecule has 3 rings (SSSR count). The van der Waals surface area contributed by atoms with E-state index in [0.29, 0.717) is 37.5 Å². The van der Waals surface area contributed by atoms with Gasteiger partial charge in [0.25, 0.3) is 5.91 Å². The van der Waals surface area contributed by atoms with Crippen molar-refractivity contribution in [1.29, 1.82) is 0 Å². The van der Waals surface area contributed by atoms with Crippen molar-refractivity contribution >= 4 is 5.91 Å². The van der Waals surface area contributed by atoms with Gasteiger partial charge in [0, 0.05) is 17.9 Å². The molecule has 1 heterocycles. The van der Waals surface area contributed by atoms with Crippen molar-refractivity contribution in [3.05, 3.63) is 71.2 Å². The minimum atomic E-state index is -0.290. The molecule has 0 unspecified atom stereocenters. The SMILES string of the molecule is CCOc1ccc(CCNC(=O)c2cc(-c3ccc(F)cc3)[nH]c2C)cc1OCC. The van der Waals surface area contributed by atoms with E-state index in [1.165, 1.54) is 12.1 Å². The van der Waals surface area contributed by atoms with Crippen LogP contribution in [-0.4, -0.2) is 30.6 Å². The zero-order valence-electron chi connectivity index (χ0n) is 17.5. The van der Waals surface area contributed by atoms with E-state index in [2.05, 4.69) is 10.3 Å². The van der Waals surface area contributed by atoms with Crippen LogP contribution >= 0.6 is 0 Å². The van der Waals surface area contributed by atoms with Crippen LogP contribution in [0.25, 0.3) is 11.3 Å². The number of carbonyl (C=O) groups excluding carboxylic acids is 1. The van der Waals surface area contributed by atoms with Crippen molar-refractivity contribution in [2.24, 2.45) is 0 Å². The van der Waals surface area contributed by atoms with Gasteiger partial charge in [-0.3, -0.25) is 4.79 Å². The molecule has 0 aliphatic carbocycles. The van der Waals surface area contributed by atoms with Gasteiger partial charge in [0.15, 0.2) is 11.5 Å². The van der Waals surface area contributed by atoms with E-state index in [-0.39, 0.29) is 11.7 Å². The second-order valence-electron chi connectivity index (χ2n) is 6.88. The first-order valence-corrected chi connectivity index (χ1v) is 10.1. The summed E-state index contributed by atoms with van der Waals surface area (Å²) in [7, 11) is 0. The number of aromatic nitrogens is 1. The van der Waals surface area contributed by atoms with Crippen LogP contribution in [0.3, 0.4) is 0 Å². The lowest BCUT2D eigenvalue weighted by molar-refractivity contribution is 0.0953. The van der Waals surface area contributed by atoms with Gasteiger partial charge in [-0.25, -0.2) is 4.39 Å². The summed E-state index contributed by atoms with van der Waals surface area (Å²) in [6.07, 6.45) is 0.673. The first kappa shape index (κ1) is 21.4. The largest absolute Gasteiger partial charge is 0.490 e. The van der Waals surface area contributed by atoms with Gasteiger partial charge in [-0.1, -0.05) is 6.07 Å². The number of carbonyl (C=O) groups is 1. The van der Waals surface area contributed by atoms with Crippen LogP contribution in [0.2, 0.25) is 0 Å². The second kappa shape index (κ2) is 9.96. The topological polar surface area (TPSA) is 63.3 Å². The molecule has 0 aliphatic rings. The number of aryl methyl sites for hydroxylation is 1. The third-order valence-corrected chi connectivity index (χ3v) is 4.72. The van der Waals surface area contributed by atoms with Crippen molar-refractivity contribution in [3.8, 4) is 22.8 Å². The summed E-state index contributed by atoms with van der Waals surface area (Å²) >= 11 is 0. The van der Waals surface area contributed by atoms with E-state index in [1.807, 2.05) is 39.0 Å². The van der Waals surface area contributed by atoms with Gasteiger partial charge in [0.2, 0.25) is 0 Å². The third kappa shape index (κ3) is 5.20. The summed E-state index contributed by atoms with van der Waals surface area (Å²) in [5.41, 5.74) is 4.02. The zero-order valence-corrected chi connectivity index (χ0v) is 17.5. The van der Waals surface area contributed by atoms with Crippen molar-refractivity contribution in [1.82, 2.24) is 10.3 Å². The molecule has 0 saturated heterocycles. The van der Waals surface area contributed by atoms with E-state index in [1.54, 1.807) is 18.2 Å². The van der Waals surface area contributed by atoms with Crippen LogP contribution < -0.4 is 14.8 Å². The number of benzene rings is 2. The molecule has 30 heavy (non-hydrogen) atoms. The monoisotopic (exact) mass is 410 g/mol. The lowest BCUT2D eigenvalue weighted by Crippen LogP contribution is -2.25. The quantitative estimate of drug-likeness (QED) is 0.527. The summed E-state index contributed by atoms with van der Waals surface area (Å²) in [6, 6.07) is 13.8. The molecule has 0 aliphatic heterocycles. The Morgan fingerprint density at radius 1 is 1.00 bits per heavy atom. The van der Waals surface area contributed by atoms with E-state index < -0.39 is 0 Å². The van der Waals surface area contributed by atoms with Gasteiger partial charge in [0.05, 0.1) is 18.8 Å². The molecular weight excluding hydrogens is 383 g/mol. The maximum absolute atomic E-state index is 13.1. The van der Waals surface area contributed by atoms with E-state index in [4.69, 9.17) is 9.47 Å². The molecule has 0 spiro atoms. The maximum Gasteiger partial charge on any atom is 0.253 e. The van der Waals surface area contributed by atoms with Crippen molar-refractivity contribution < 1.29 is 18.7 Å². The number of hydrogen-bond acceptors (Lipinski definition) is 3. The minimum absolute atomic E-state index is 0.145. The van der Waals surface area contributed by atoms with Gasteiger partial charge < -0.3 is 19.8 Å². The second-order valence-corrected chi connectivity index (χ2v) is 6.88. The number of H-pyrrole nitrogens is 1. The Morgan fingerprint density at radius 2 is 1.70 bits per heavy atom. The van der Waals surface area contributed by atoms with Gasteiger partial charge in [-0.2, -0.15) is 0 Å². The standard InChI is InChI=1S/C24H27FN2O3/c1-4-29-22-11-6-17(14-23(22)30-5-2)12-13-26-24(28)20-15-21(27-16(20)3)18-7-9-19(25)10-8-18/h6-11,14-15,27H,4-5,12-13H2,1-3H3,(H,26,28). The van der Waals surface area contributed by atoms with Crippen LogP contribution in [0.15, 0.2) is 48.5 Å². The maximum atomic E-state index is 13.1. The molecule has 2 aromatic carbocycles. The van der Waals surface area contributed by atoms with Gasteiger partial charge >= 0.3 is 0 Å². The number of nitrogens with one attached hydrogen (secondary N) is 2. The molecule has 0 bridgehead atoms. The molecule has 0 saturated carbocycles. The van der Waals surface area contributed by atoms with Crippen LogP contribution in [-0.2, 0) is 6.42 Å². The van der Waals surface area contributed by atoms with E-state index in [9.17, 15) is 9.18 Å². The summed E-state index contributed by atoms with van der Waals surface area (Å²) in [5, 5.41) is 2.96. The van der Waals surface area contributed by atoms with Gasteiger partial charge in [-0.05, 0) is 80.8 Å². The van der Waals surface area contributed by atoms with Crippen LogP contribution in [0.4, 0.5) is 4.39 Å². The minimum Gasteiger partial charge on any atom is -0.490 e. The van der Waals surface area contributed by atoms with Crippen LogP contribution in [0.5, 0.6) is 11.5 Å². The van der Waals surface area contributed by atoms with Crippen LogP contribution in [0.1, 0.15) is 35.5 Å². The van der Waals surface area contributed by atoms with Crippen molar-refractivity contribution in [2.45, 2.75) is 27.2 Å². The first-order valence-electron chi connectivity index (χ1n) is 10.1. The fourth-order valence-corrected chi connectivity index (χ4v) is 3.25. The van der Waals surface area contributed by atoms with Gasteiger partial charge in [-0.15, -0.1) is 0 Å². The molecule has 158 valence electrons. The molecule has 6 heteroatoms. The average molecular weight is 410 g/mol. The Hall–Kier alpha value is -3.28. The summed E-state index contributed by atoms with van der Waals surface area (Å²) in [5.74, 6) is 1.01. The van der Waals surface area contributed by atoms with Gasteiger partial charge in [0.1, 0.15) is 5.82 Å². The summed E-state index contributed by atoms with van der Waals surface area (Å²) < 4.78 is 24.4. The summed E-state index contributed by atoms with van der Waals surface area (Å²) in [4.78, 5) is 15.8. The predicted molar refractivity (Wildman–Crippen MR) is 116 cm³/mol. The fraction of sp³-hybridized carbons (Fsp3) is 0.292. The Morgan fingerprint density at radius 3 is 2.40 bits per heavy atom.